The van der Waals surface area contributed by atoms with Gasteiger partial charge in [-0.2, -0.15) is 0 Å². The molecule has 0 aliphatic carbocycles. The van der Waals surface area contributed by atoms with Gasteiger partial charge in [0.25, 0.3) is 5.69 Å². The molecule has 0 radical (unpaired) electrons. The van der Waals surface area contributed by atoms with Crippen LogP contribution in [0.4, 0.5) is 5.69 Å². The van der Waals surface area contributed by atoms with E-state index in [1.54, 1.807) is 12.1 Å². The summed E-state index contributed by atoms with van der Waals surface area (Å²) in [6.07, 6.45) is 0. The maximum atomic E-state index is 12.4. The predicted molar refractivity (Wildman–Crippen MR) is 103 cm³/mol. The fourth-order valence-electron chi connectivity index (χ4n) is 2.93. The molecule has 7 heteroatoms. The van der Waals surface area contributed by atoms with Crippen LogP contribution in [0, 0.1) is 17.0 Å². The lowest BCUT2D eigenvalue weighted by molar-refractivity contribution is -0.384. The second-order valence-electron chi connectivity index (χ2n) is 6.09. The second kappa shape index (κ2) is 7.05. The van der Waals surface area contributed by atoms with E-state index < -0.39 is 11.0 Å². The molecular formula is C19H17N3O3S. The summed E-state index contributed by atoms with van der Waals surface area (Å²) in [5.41, 5.74) is 3.89. The highest BCUT2D eigenvalue weighted by atomic mass is 32.1. The minimum atomic E-state index is -0.474. The van der Waals surface area contributed by atoms with Gasteiger partial charge in [-0.1, -0.05) is 29.8 Å². The van der Waals surface area contributed by atoms with E-state index in [1.807, 2.05) is 31.2 Å². The number of nitrogens with zero attached hydrogens (tertiary/aromatic N) is 1. The summed E-state index contributed by atoms with van der Waals surface area (Å²) >= 11 is 5.32. The van der Waals surface area contributed by atoms with Crippen LogP contribution in [-0.2, 0) is 4.79 Å². The zero-order chi connectivity index (χ0) is 18.8. The number of hydrogen-bond donors (Lipinski definition) is 2. The van der Waals surface area contributed by atoms with Gasteiger partial charge in [-0.3, -0.25) is 14.9 Å². The van der Waals surface area contributed by atoms with Gasteiger partial charge in [0.2, 0.25) is 0 Å². The van der Waals surface area contributed by atoms with E-state index in [9.17, 15) is 14.9 Å². The first-order valence-corrected chi connectivity index (χ1v) is 8.41. The molecule has 1 atom stereocenters. The molecule has 0 bridgehead atoms. The van der Waals surface area contributed by atoms with Crippen LogP contribution in [0.15, 0.2) is 54.1 Å². The van der Waals surface area contributed by atoms with Crippen LogP contribution in [0.2, 0.25) is 0 Å². The average molecular weight is 367 g/mol. The van der Waals surface area contributed by atoms with E-state index in [-0.39, 0.29) is 11.5 Å². The molecule has 1 aliphatic heterocycles. The van der Waals surface area contributed by atoms with Gasteiger partial charge in [0, 0.05) is 17.7 Å². The molecule has 26 heavy (non-hydrogen) atoms. The number of rotatable bonds is 4. The number of ketones is 1. The molecule has 3 rings (SSSR count). The number of nitro benzene ring substituents is 1. The summed E-state index contributed by atoms with van der Waals surface area (Å²) in [6.45, 7) is 3.49. The van der Waals surface area contributed by atoms with E-state index in [2.05, 4.69) is 10.6 Å². The molecule has 0 fully saturated rings. The van der Waals surface area contributed by atoms with Gasteiger partial charge in [-0.05, 0) is 49.3 Å². The summed E-state index contributed by atoms with van der Waals surface area (Å²) in [6, 6.07) is 13.4. The van der Waals surface area contributed by atoms with Gasteiger partial charge in [0.1, 0.15) is 0 Å². The Morgan fingerprint density at radius 2 is 1.73 bits per heavy atom. The maximum Gasteiger partial charge on any atom is 0.269 e. The zero-order valence-electron chi connectivity index (χ0n) is 14.3. The van der Waals surface area contributed by atoms with Crippen LogP contribution < -0.4 is 10.6 Å². The SMILES string of the molecule is CC(=O)C1=C(c2ccc(C)cc2)NC(=S)N[C@H]1c1ccc([N+](=O)[O-])cc1. The number of carbonyl (C=O) groups is 1. The van der Waals surface area contributed by atoms with Crippen LogP contribution in [0.1, 0.15) is 29.7 Å². The number of benzene rings is 2. The third kappa shape index (κ3) is 3.48. The minimum absolute atomic E-state index is 0.00243. The van der Waals surface area contributed by atoms with Crippen LogP contribution in [0.3, 0.4) is 0 Å². The van der Waals surface area contributed by atoms with E-state index in [4.69, 9.17) is 12.2 Å². The van der Waals surface area contributed by atoms with E-state index in [1.165, 1.54) is 19.1 Å². The van der Waals surface area contributed by atoms with Crippen LogP contribution in [0.5, 0.6) is 0 Å². The topological polar surface area (TPSA) is 84.3 Å². The van der Waals surface area contributed by atoms with Gasteiger partial charge < -0.3 is 10.6 Å². The van der Waals surface area contributed by atoms with Crippen molar-refractivity contribution in [3.8, 4) is 0 Å². The number of non-ortho nitro benzene ring substituents is 1. The molecule has 2 aromatic carbocycles. The second-order valence-corrected chi connectivity index (χ2v) is 6.50. The van der Waals surface area contributed by atoms with Gasteiger partial charge in [0.05, 0.1) is 16.7 Å². The first-order chi connectivity index (χ1) is 12.4. The lowest BCUT2D eigenvalue weighted by atomic mass is 9.90. The molecule has 132 valence electrons. The van der Waals surface area contributed by atoms with E-state index in [0.29, 0.717) is 16.4 Å². The fourth-order valence-corrected chi connectivity index (χ4v) is 3.15. The molecule has 1 aliphatic rings. The summed E-state index contributed by atoms with van der Waals surface area (Å²) in [5, 5.41) is 17.4. The Labute approximate surface area is 156 Å². The third-order valence-corrected chi connectivity index (χ3v) is 4.45. The van der Waals surface area contributed by atoms with Crippen LogP contribution >= 0.6 is 12.2 Å². The number of Topliss-reactive ketones (excluding diaryl/α,β-unsaturated/α-hetero) is 1. The summed E-state index contributed by atoms with van der Waals surface area (Å²) in [7, 11) is 0. The number of carbonyl (C=O) groups excluding carboxylic acids is 1. The Morgan fingerprint density at radius 3 is 2.27 bits per heavy atom. The molecule has 1 heterocycles. The van der Waals surface area contributed by atoms with E-state index in [0.717, 1.165) is 16.7 Å². The first kappa shape index (κ1) is 17.8. The number of hydrogen-bond acceptors (Lipinski definition) is 4. The van der Waals surface area contributed by atoms with Crippen molar-refractivity contribution in [2.75, 3.05) is 0 Å². The largest absolute Gasteiger partial charge is 0.351 e. The molecule has 0 unspecified atom stereocenters. The molecule has 0 saturated carbocycles. The zero-order valence-corrected chi connectivity index (χ0v) is 15.1. The normalized spacial score (nSPS) is 16.7. The standard InChI is InChI=1S/C19H17N3O3S/c1-11-3-5-13(6-4-11)17-16(12(2)23)18(21-19(26)20-17)14-7-9-15(10-8-14)22(24)25/h3-10,18H,1-2H3,(H2,20,21,26)/t18-/m0/s1. The van der Waals surface area contributed by atoms with Crippen molar-refractivity contribution in [2.24, 2.45) is 0 Å². The highest BCUT2D eigenvalue weighted by Gasteiger charge is 2.30. The summed E-state index contributed by atoms with van der Waals surface area (Å²) < 4.78 is 0. The van der Waals surface area contributed by atoms with Gasteiger partial charge >= 0.3 is 0 Å². The molecule has 0 aromatic heterocycles. The average Bonchev–Trinajstić information content (AvgIpc) is 2.61. The van der Waals surface area contributed by atoms with Crippen molar-refractivity contribution < 1.29 is 9.72 Å². The molecule has 0 saturated heterocycles. The molecule has 6 nitrogen and oxygen atoms in total. The Morgan fingerprint density at radius 1 is 1.12 bits per heavy atom. The van der Waals surface area contributed by atoms with Gasteiger partial charge in [0.15, 0.2) is 10.9 Å². The lowest BCUT2D eigenvalue weighted by Gasteiger charge is -2.31. The summed E-state index contributed by atoms with van der Waals surface area (Å²) in [4.78, 5) is 22.8. The lowest BCUT2D eigenvalue weighted by Crippen LogP contribution is -2.44. The van der Waals surface area contributed by atoms with Gasteiger partial charge in [-0.15, -0.1) is 0 Å². The van der Waals surface area contributed by atoms with Crippen molar-refractivity contribution in [3.63, 3.8) is 0 Å². The smallest absolute Gasteiger partial charge is 0.269 e. The highest BCUT2D eigenvalue weighted by Crippen LogP contribution is 2.32. The number of nitro groups is 1. The summed E-state index contributed by atoms with van der Waals surface area (Å²) in [5.74, 6) is -0.105. The quantitative estimate of drug-likeness (QED) is 0.489. The molecule has 2 aromatic rings. The third-order valence-electron chi connectivity index (χ3n) is 4.23. The Hall–Kier alpha value is -3.06. The minimum Gasteiger partial charge on any atom is -0.351 e. The van der Waals surface area contributed by atoms with Crippen LogP contribution in [-0.4, -0.2) is 15.8 Å². The van der Waals surface area contributed by atoms with Crippen molar-refractivity contribution in [2.45, 2.75) is 19.9 Å². The number of thiocarbonyl (C=S) groups is 1. The Kier molecular flexibility index (Phi) is 4.81. The number of nitrogens with one attached hydrogen (secondary N) is 2. The maximum absolute atomic E-state index is 12.4. The van der Waals surface area contributed by atoms with Gasteiger partial charge in [-0.25, -0.2) is 0 Å². The van der Waals surface area contributed by atoms with Crippen LogP contribution in [0.25, 0.3) is 5.70 Å². The molecule has 0 spiro atoms. The Balaban J connectivity index is 2.12. The molecule has 2 N–H and O–H groups in total. The molecule has 0 amide bonds. The predicted octanol–water partition coefficient (Wildman–Crippen LogP) is 3.42. The first-order valence-electron chi connectivity index (χ1n) is 8.01. The highest BCUT2D eigenvalue weighted by molar-refractivity contribution is 7.80. The Bertz CT molecular complexity index is 918. The van der Waals surface area contributed by atoms with Crippen molar-refractivity contribution >= 4 is 34.5 Å². The number of aryl methyl sites for hydroxylation is 1. The molecular weight excluding hydrogens is 350 g/mol. The monoisotopic (exact) mass is 367 g/mol. The fraction of sp³-hybridized carbons (Fsp3) is 0.158. The van der Waals surface area contributed by atoms with Crippen molar-refractivity contribution in [1.82, 2.24) is 10.6 Å². The van der Waals surface area contributed by atoms with Crippen molar-refractivity contribution in [3.05, 3.63) is 80.9 Å². The van der Waals surface area contributed by atoms with E-state index >= 15 is 0 Å². The van der Waals surface area contributed by atoms with Crippen molar-refractivity contribution in [1.29, 1.82) is 0 Å².